The third-order valence-corrected chi connectivity index (χ3v) is 5.56. The summed E-state index contributed by atoms with van der Waals surface area (Å²) in [5.74, 6) is -3.04. The fourth-order valence-corrected chi connectivity index (χ4v) is 4.12. The lowest BCUT2D eigenvalue weighted by Gasteiger charge is -2.39. The zero-order valence-corrected chi connectivity index (χ0v) is 17.2. The first-order chi connectivity index (χ1) is 15.1. The van der Waals surface area contributed by atoms with Gasteiger partial charge in [0.25, 0.3) is 5.88 Å². The van der Waals surface area contributed by atoms with Gasteiger partial charge in [-0.05, 0) is 44.2 Å². The highest BCUT2D eigenvalue weighted by Crippen LogP contribution is 2.37. The number of carboxylic acids is 1. The minimum Gasteiger partial charge on any atom is -0.475 e. The van der Waals surface area contributed by atoms with Gasteiger partial charge in [0.2, 0.25) is 5.91 Å². The molecule has 3 heterocycles. The van der Waals surface area contributed by atoms with Gasteiger partial charge in [0, 0.05) is 24.7 Å². The molecule has 1 aliphatic carbocycles. The Morgan fingerprint density at radius 2 is 2.06 bits per heavy atom. The van der Waals surface area contributed by atoms with Crippen molar-refractivity contribution in [1.82, 2.24) is 9.88 Å². The highest BCUT2D eigenvalue weighted by molar-refractivity contribution is 5.93. The van der Waals surface area contributed by atoms with Gasteiger partial charge in [-0.2, -0.15) is 13.2 Å². The van der Waals surface area contributed by atoms with E-state index < -0.39 is 18.0 Å². The molecule has 0 bridgehead atoms. The third kappa shape index (κ3) is 5.96. The molecule has 2 atom stereocenters. The Kier molecular flexibility index (Phi) is 7.37. The number of pyridine rings is 1. The SMILES string of the molecule is O=C(C1=CCCC1)N1CCC[C@]2(C[C@H](Oc3ncccc3F)CO2)C1.O=C(O)C(F)(F)F. The molecule has 1 aromatic heterocycles. The maximum atomic E-state index is 13.7. The van der Waals surface area contributed by atoms with Crippen molar-refractivity contribution in [3.8, 4) is 5.88 Å². The Morgan fingerprint density at radius 1 is 1.31 bits per heavy atom. The molecule has 2 aliphatic heterocycles. The van der Waals surface area contributed by atoms with Crippen LogP contribution >= 0.6 is 0 Å². The Balaban J connectivity index is 0.000000360. The van der Waals surface area contributed by atoms with Crippen LogP contribution in [0.2, 0.25) is 0 Å². The van der Waals surface area contributed by atoms with E-state index in [1.165, 1.54) is 18.3 Å². The maximum Gasteiger partial charge on any atom is 0.490 e. The number of aliphatic carboxylic acids is 1. The molecule has 7 nitrogen and oxygen atoms in total. The Bertz CT molecular complexity index is 876. The van der Waals surface area contributed by atoms with Gasteiger partial charge in [0.1, 0.15) is 6.10 Å². The summed E-state index contributed by atoms with van der Waals surface area (Å²) >= 11 is 0. The molecule has 3 aliphatic rings. The van der Waals surface area contributed by atoms with Crippen molar-refractivity contribution in [2.75, 3.05) is 19.7 Å². The fourth-order valence-electron chi connectivity index (χ4n) is 4.12. The van der Waals surface area contributed by atoms with E-state index in [1.807, 2.05) is 4.90 Å². The molecule has 176 valence electrons. The number of likely N-dealkylation sites (tertiary alicyclic amines) is 1. The monoisotopic (exact) mass is 460 g/mol. The van der Waals surface area contributed by atoms with Crippen LogP contribution in [0.3, 0.4) is 0 Å². The van der Waals surface area contributed by atoms with Crippen LogP contribution in [0.1, 0.15) is 38.5 Å². The lowest BCUT2D eigenvalue weighted by atomic mass is 9.89. The van der Waals surface area contributed by atoms with E-state index >= 15 is 0 Å². The van der Waals surface area contributed by atoms with Crippen LogP contribution in [0, 0.1) is 5.82 Å². The molecule has 0 unspecified atom stereocenters. The molecular formula is C21H24F4N2O5. The van der Waals surface area contributed by atoms with Gasteiger partial charge < -0.3 is 19.5 Å². The summed E-state index contributed by atoms with van der Waals surface area (Å²) in [5, 5.41) is 7.12. The van der Waals surface area contributed by atoms with Crippen LogP contribution in [0.25, 0.3) is 0 Å². The van der Waals surface area contributed by atoms with Crippen molar-refractivity contribution >= 4 is 11.9 Å². The normalized spacial score (nSPS) is 25.2. The maximum absolute atomic E-state index is 13.7. The van der Waals surface area contributed by atoms with Crippen molar-refractivity contribution in [2.45, 2.75) is 56.4 Å². The number of ether oxygens (including phenoxy) is 2. The number of hydrogen-bond acceptors (Lipinski definition) is 5. The number of carboxylic acid groups (broad SMARTS) is 1. The molecule has 1 N–H and O–H groups in total. The minimum absolute atomic E-state index is 0.0213. The van der Waals surface area contributed by atoms with E-state index in [9.17, 15) is 22.4 Å². The Morgan fingerprint density at radius 3 is 2.69 bits per heavy atom. The molecule has 4 rings (SSSR count). The number of rotatable bonds is 3. The van der Waals surface area contributed by atoms with E-state index in [2.05, 4.69) is 11.1 Å². The predicted molar refractivity (Wildman–Crippen MR) is 103 cm³/mol. The average Bonchev–Trinajstić information content (AvgIpc) is 3.40. The van der Waals surface area contributed by atoms with Crippen molar-refractivity contribution in [3.05, 3.63) is 35.8 Å². The highest BCUT2D eigenvalue weighted by Gasteiger charge is 2.46. The summed E-state index contributed by atoms with van der Waals surface area (Å²) in [4.78, 5) is 27.4. The second kappa shape index (κ2) is 9.85. The lowest BCUT2D eigenvalue weighted by molar-refractivity contribution is -0.192. The molecule has 1 spiro atoms. The quantitative estimate of drug-likeness (QED) is 0.695. The van der Waals surface area contributed by atoms with E-state index in [-0.39, 0.29) is 23.5 Å². The van der Waals surface area contributed by atoms with E-state index in [0.29, 0.717) is 19.6 Å². The highest BCUT2D eigenvalue weighted by atomic mass is 19.4. The summed E-state index contributed by atoms with van der Waals surface area (Å²) in [6.45, 7) is 1.77. The molecule has 0 saturated carbocycles. The largest absolute Gasteiger partial charge is 0.490 e. The van der Waals surface area contributed by atoms with E-state index in [0.717, 1.165) is 44.2 Å². The van der Waals surface area contributed by atoms with Gasteiger partial charge in [-0.15, -0.1) is 0 Å². The minimum atomic E-state index is -5.08. The van der Waals surface area contributed by atoms with E-state index in [1.54, 1.807) is 0 Å². The fraction of sp³-hybridized carbons (Fsp3) is 0.571. The first-order valence-corrected chi connectivity index (χ1v) is 10.3. The summed E-state index contributed by atoms with van der Waals surface area (Å²) < 4.78 is 57.2. The molecule has 2 saturated heterocycles. The smallest absolute Gasteiger partial charge is 0.475 e. The van der Waals surface area contributed by atoms with Crippen LogP contribution in [-0.2, 0) is 14.3 Å². The predicted octanol–water partition coefficient (Wildman–Crippen LogP) is 3.49. The molecule has 32 heavy (non-hydrogen) atoms. The molecule has 1 aromatic rings. The molecule has 2 fully saturated rings. The van der Waals surface area contributed by atoms with Crippen molar-refractivity contribution < 1.29 is 41.7 Å². The summed E-state index contributed by atoms with van der Waals surface area (Å²) in [7, 11) is 0. The summed E-state index contributed by atoms with van der Waals surface area (Å²) in [6, 6.07) is 2.88. The van der Waals surface area contributed by atoms with Crippen LogP contribution in [0.15, 0.2) is 30.0 Å². The average molecular weight is 460 g/mol. The second-order valence-electron chi connectivity index (χ2n) is 7.98. The van der Waals surface area contributed by atoms with Gasteiger partial charge in [-0.3, -0.25) is 4.79 Å². The number of allylic oxidation sites excluding steroid dienone is 1. The topological polar surface area (TPSA) is 89.0 Å². The number of piperidine rings is 1. The lowest BCUT2D eigenvalue weighted by Crippen LogP contribution is -2.50. The standard InChI is InChI=1S/C19H23FN2O3.C2HF3O2/c20-16-7-3-9-21-17(16)25-15-11-19(24-12-15)8-4-10-22(13-19)18(23)14-5-1-2-6-14;3-2(4,5)1(6)7/h3,5,7,9,15H,1-2,4,6,8,10-13H2;(H,6,7)/t15-,19-;/m0./s1. The number of hydrogen-bond donors (Lipinski definition) is 1. The zero-order valence-electron chi connectivity index (χ0n) is 17.2. The van der Waals surface area contributed by atoms with Gasteiger partial charge in [0.15, 0.2) is 5.82 Å². The second-order valence-corrected chi connectivity index (χ2v) is 7.98. The molecule has 11 heteroatoms. The number of aromatic nitrogens is 1. The Hall–Kier alpha value is -2.69. The van der Waals surface area contributed by atoms with Crippen LogP contribution in [0.5, 0.6) is 5.88 Å². The van der Waals surface area contributed by atoms with Gasteiger partial charge >= 0.3 is 12.1 Å². The van der Waals surface area contributed by atoms with Gasteiger partial charge in [0.05, 0.1) is 18.8 Å². The number of nitrogens with zero attached hydrogens (tertiary/aromatic N) is 2. The number of alkyl halides is 3. The van der Waals surface area contributed by atoms with Crippen LogP contribution in [0.4, 0.5) is 17.6 Å². The number of carbonyl (C=O) groups is 2. The molecule has 1 amide bonds. The Labute approximate surface area is 182 Å². The molecule has 0 aromatic carbocycles. The summed E-state index contributed by atoms with van der Waals surface area (Å²) in [6.07, 6.45) is 3.70. The van der Waals surface area contributed by atoms with Crippen LogP contribution < -0.4 is 4.74 Å². The number of amides is 1. The zero-order chi connectivity index (χ0) is 23.4. The van der Waals surface area contributed by atoms with Gasteiger partial charge in [-0.25, -0.2) is 14.2 Å². The summed E-state index contributed by atoms with van der Waals surface area (Å²) in [5.41, 5.74) is 0.571. The molecular weight excluding hydrogens is 436 g/mol. The third-order valence-electron chi connectivity index (χ3n) is 5.56. The van der Waals surface area contributed by atoms with Crippen molar-refractivity contribution in [3.63, 3.8) is 0 Å². The number of carbonyl (C=O) groups excluding carboxylic acids is 1. The van der Waals surface area contributed by atoms with Crippen molar-refractivity contribution in [2.24, 2.45) is 0 Å². The molecule has 0 radical (unpaired) electrons. The first-order valence-electron chi connectivity index (χ1n) is 10.3. The van der Waals surface area contributed by atoms with Gasteiger partial charge in [-0.1, -0.05) is 6.08 Å². The first kappa shape index (κ1) is 24.0. The van der Waals surface area contributed by atoms with Crippen molar-refractivity contribution in [1.29, 1.82) is 0 Å². The van der Waals surface area contributed by atoms with Crippen LogP contribution in [-0.4, -0.2) is 64.4 Å². The number of halogens is 4. The van der Waals surface area contributed by atoms with E-state index in [4.69, 9.17) is 19.4 Å².